The Bertz CT molecular complexity index is 282. The van der Waals surface area contributed by atoms with Crippen molar-refractivity contribution in [2.24, 2.45) is 5.73 Å². The highest BCUT2D eigenvalue weighted by Crippen LogP contribution is 2.10. The first kappa shape index (κ1) is 16.2. The molecule has 1 saturated heterocycles. The summed E-state index contributed by atoms with van der Waals surface area (Å²) in [6.45, 7) is 4.37. The molecule has 6 heteroatoms. The lowest BCUT2D eigenvalue weighted by Gasteiger charge is -2.28. The van der Waals surface area contributed by atoms with Crippen LogP contribution in [0.1, 0.15) is 39.5 Å². The van der Waals surface area contributed by atoms with E-state index in [4.69, 9.17) is 5.73 Å². The first-order chi connectivity index (χ1) is 7.47. The number of amides is 2. The number of carbonyl (C=O) groups is 2. The van der Waals surface area contributed by atoms with Crippen LogP contribution >= 0.6 is 12.4 Å². The van der Waals surface area contributed by atoms with Gasteiger partial charge < -0.3 is 16.4 Å². The normalized spacial score (nSPS) is 23.0. The zero-order chi connectivity index (χ0) is 12.2. The molecule has 1 aliphatic rings. The Morgan fingerprint density at radius 1 is 1.65 bits per heavy atom. The lowest BCUT2D eigenvalue weighted by Crippen LogP contribution is -2.58. The second-order valence-electron chi connectivity index (χ2n) is 4.63. The fraction of sp³-hybridized carbons (Fsp3) is 0.818. The van der Waals surface area contributed by atoms with E-state index >= 15 is 0 Å². The van der Waals surface area contributed by atoms with E-state index in [1.165, 1.54) is 0 Å². The van der Waals surface area contributed by atoms with E-state index in [0.717, 1.165) is 12.8 Å². The average Bonchev–Trinajstić information content (AvgIpc) is 2.21. The first-order valence-corrected chi connectivity index (χ1v) is 5.85. The van der Waals surface area contributed by atoms with Gasteiger partial charge in [0.2, 0.25) is 11.8 Å². The number of carbonyl (C=O) groups excluding carboxylic acids is 2. The van der Waals surface area contributed by atoms with Gasteiger partial charge >= 0.3 is 0 Å². The highest BCUT2D eigenvalue weighted by molar-refractivity contribution is 5.91. The molecule has 0 radical (unpaired) electrons. The maximum Gasteiger partial charge on any atom is 0.242 e. The van der Waals surface area contributed by atoms with Gasteiger partial charge in [-0.05, 0) is 26.2 Å². The lowest BCUT2D eigenvalue weighted by molar-refractivity contribution is -0.132. The quantitative estimate of drug-likeness (QED) is 0.683. The molecule has 0 bridgehead atoms. The molecule has 2 amide bonds. The van der Waals surface area contributed by atoms with Crippen molar-refractivity contribution in [1.29, 1.82) is 0 Å². The molecule has 0 aromatic carbocycles. The van der Waals surface area contributed by atoms with Gasteiger partial charge in [0.15, 0.2) is 0 Å². The Labute approximate surface area is 108 Å². The molecule has 4 N–H and O–H groups in total. The third-order valence-corrected chi connectivity index (χ3v) is 2.88. The van der Waals surface area contributed by atoms with Crippen LogP contribution in [0.4, 0.5) is 0 Å². The van der Waals surface area contributed by atoms with Crippen molar-refractivity contribution in [1.82, 2.24) is 10.6 Å². The summed E-state index contributed by atoms with van der Waals surface area (Å²) in [4.78, 5) is 23.3. The maximum atomic E-state index is 11.9. The van der Waals surface area contributed by atoms with Crippen LogP contribution in [-0.2, 0) is 9.59 Å². The van der Waals surface area contributed by atoms with Crippen LogP contribution in [0.3, 0.4) is 0 Å². The van der Waals surface area contributed by atoms with Crippen molar-refractivity contribution in [3.05, 3.63) is 0 Å². The van der Waals surface area contributed by atoms with Gasteiger partial charge in [-0.25, -0.2) is 0 Å². The molecule has 17 heavy (non-hydrogen) atoms. The third kappa shape index (κ3) is 4.52. The van der Waals surface area contributed by atoms with Gasteiger partial charge in [0.1, 0.15) is 6.04 Å². The molecular formula is C11H22ClN3O2. The zero-order valence-corrected chi connectivity index (χ0v) is 11.2. The summed E-state index contributed by atoms with van der Waals surface area (Å²) >= 11 is 0. The Balaban J connectivity index is 0.00000256. The Kier molecular flexibility index (Phi) is 6.49. The number of hydrogen-bond acceptors (Lipinski definition) is 3. The lowest BCUT2D eigenvalue weighted by atomic mass is 9.95. The molecule has 100 valence electrons. The fourth-order valence-electron chi connectivity index (χ4n) is 1.87. The summed E-state index contributed by atoms with van der Waals surface area (Å²) in [6.07, 6.45) is 3.05. The van der Waals surface area contributed by atoms with E-state index in [1.807, 2.05) is 6.92 Å². The van der Waals surface area contributed by atoms with Crippen molar-refractivity contribution in [2.45, 2.75) is 51.1 Å². The molecule has 0 spiro atoms. The zero-order valence-electron chi connectivity index (χ0n) is 10.4. The van der Waals surface area contributed by atoms with Crippen LogP contribution in [0.15, 0.2) is 0 Å². The van der Waals surface area contributed by atoms with Gasteiger partial charge in [0.25, 0.3) is 0 Å². The van der Waals surface area contributed by atoms with Gasteiger partial charge in [0.05, 0.1) is 5.54 Å². The molecule has 0 aliphatic carbocycles. The molecule has 2 unspecified atom stereocenters. The summed E-state index contributed by atoms with van der Waals surface area (Å²) in [7, 11) is 0. The van der Waals surface area contributed by atoms with Crippen LogP contribution in [0, 0.1) is 0 Å². The van der Waals surface area contributed by atoms with Gasteiger partial charge in [-0.15, -0.1) is 12.4 Å². The van der Waals surface area contributed by atoms with Crippen molar-refractivity contribution >= 4 is 24.2 Å². The van der Waals surface area contributed by atoms with E-state index in [9.17, 15) is 9.59 Å². The fourth-order valence-corrected chi connectivity index (χ4v) is 1.87. The van der Waals surface area contributed by atoms with Crippen LogP contribution in [0.5, 0.6) is 0 Å². The van der Waals surface area contributed by atoms with Gasteiger partial charge in [-0.2, -0.15) is 0 Å². The van der Waals surface area contributed by atoms with Crippen LogP contribution in [-0.4, -0.2) is 29.9 Å². The summed E-state index contributed by atoms with van der Waals surface area (Å²) in [5.74, 6) is -0.344. The molecule has 0 aromatic heterocycles. The minimum Gasteiger partial charge on any atom is -0.354 e. The van der Waals surface area contributed by atoms with Crippen molar-refractivity contribution in [3.8, 4) is 0 Å². The van der Waals surface area contributed by atoms with Crippen LogP contribution < -0.4 is 16.4 Å². The topological polar surface area (TPSA) is 84.2 Å². The number of halogens is 1. The maximum absolute atomic E-state index is 11.9. The van der Waals surface area contributed by atoms with Crippen LogP contribution in [0.2, 0.25) is 0 Å². The highest BCUT2D eigenvalue weighted by Gasteiger charge is 2.31. The molecule has 1 fully saturated rings. The number of rotatable bonds is 4. The Hall–Kier alpha value is -0.810. The van der Waals surface area contributed by atoms with E-state index in [0.29, 0.717) is 19.4 Å². The van der Waals surface area contributed by atoms with Crippen LogP contribution in [0.25, 0.3) is 0 Å². The molecule has 0 aromatic rings. The number of hydrogen-bond donors (Lipinski definition) is 3. The van der Waals surface area contributed by atoms with Crippen molar-refractivity contribution in [3.63, 3.8) is 0 Å². The third-order valence-electron chi connectivity index (χ3n) is 2.88. The molecule has 2 atom stereocenters. The smallest absolute Gasteiger partial charge is 0.242 e. The standard InChI is InChI=1S/C11H21N3O2.ClH/c1-3-6-11(2,12)10(16)14-8-5-4-7-13-9(8)15;/h8H,3-7,12H2,1-2H3,(H,13,15)(H,14,16);1H. The average molecular weight is 264 g/mol. The molecule has 1 rings (SSSR count). The summed E-state index contributed by atoms with van der Waals surface area (Å²) in [6, 6.07) is -0.416. The van der Waals surface area contributed by atoms with Crippen molar-refractivity contribution in [2.75, 3.05) is 6.54 Å². The molecule has 5 nitrogen and oxygen atoms in total. The van der Waals surface area contributed by atoms with E-state index in [2.05, 4.69) is 10.6 Å². The Morgan fingerprint density at radius 3 is 2.82 bits per heavy atom. The molecule has 1 aliphatic heterocycles. The Morgan fingerprint density at radius 2 is 2.29 bits per heavy atom. The number of piperidine rings is 1. The second kappa shape index (κ2) is 6.81. The summed E-state index contributed by atoms with van der Waals surface area (Å²) < 4.78 is 0. The monoisotopic (exact) mass is 263 g/mol. The second-order valence-corrected chi connectivity index (χ2v) is 4.63. The predicted octanol–water partition coefficient (Wildman–Crippen LogP) is 0.320. The van der Waals surface area contributed by atoms with Gasteiger partial charge in [-0.1, -0.05) is 13.3 Å². The summed E-state index contributed by atoms with van der Waals surface area (Å²) in [5.41, 5.74) is 5.01. The highest BCUT2D eigenvalue weighted by atomic mass is 35.5. The first-order valence-electron chi connectivity index (χ1n) is 5.85. The minimum absolute atomic E-state index is 0. The van der Waals surface area contributed by atoms with Crippen molar-refractivity contribution < 1.29 is 9.59 Å². The van der Waals surface area contributed by atoms with Gasteiger partial charge in [-0.3, -0.25) is 9.59 Å². The predicted molar refractivity (Wildman–Crippen MR) is 68.9 cm³/mol. The largest absolute Gasteiger partial charge is 0.354 e. The minimum atomic E-state index is -0.882. The number of nitrogens with two attached hydrogens (primary N) is 1. The molecule has 0 saturated carbocycles. The van der Waals surface area contributed by atoms with Gasteiger partial charge in [0, 0.05) is 6.54 Å². The summed E-state index contributed by atoms with van der Waals surface area (Å²) in [5, 5.41) is 5.44. The molecule has 1 heterocycles. The van der Waals surface area contributed by atoms with E-state index < -0.39 is 11.6 Å². The SMILES string of the molecule is CCCC(C)(N)C(=O)NC1CCCNC1=O.Cl. The van der Waals surface area contributed by atoms with E-state index in [-0.39, 0.29) is 24.2 Å². The van der Waals surface area contributed by atoms with E-state index in [1.54, 1.807) is 6.92 Å². The molecular weight excluding hydrogens is 242 g/mol. The number of nitrogens with one attached hydrogen (secondary N) is 2.